The number of nitrogens with one attached hydrogen (secondary N) is 2. The van der Waals surface area contributed by atoms with Gasteiger partial charge in [0.1, 0.15) is 5.82 Å². The lowest BCUT2D eigenvalue weighted by Crippen LogP contribution is -2.15. The second-order valence-corrected chi connectivity index (χ2v) is 4.67. The van der Waals surface area contributed by atoms with E-state index < -0.39 is 0 Å². The Morgan fingerprint density at radius 1 is 1.50 bits per heavy atom. The van der Waals surface area contributed by atoms with Crippen LogP contribution >= 0.6 is 0 Å². The molecule has 0 aliphatic heterocycles. The summed E-state index contributed by atoms with van der Waals surface area (Å²) in [4.78, 5) is 8.07. The fraction of sp³-hybridized carbons (Fsp3) is 0.727. The number of aromatic nitrogens is 2. The Morgan fingerprint density at radius 3 is 2.93 bits per heavy atom. The molecule has 1 aliphatic rings. The molecule has 0 atom stereocenters. The molecule has 0 saturated carbocycles. The van der Waals surface area contributed by atoms with E-state index in [1.165, 1.54) is 17.8 Å². The number of imidazole rings is 1. The summed E-state index contributed by atoms with van der Waals surface area (Å²) in [6.45, 7) is 8.52. The number of nitrogens with zero attached hydrogens (tertiary/aromatic N) is 1. The van der Waals surface area contributed by atoms with Crippen molar-refractivity contribution in [3.05, 3.63) is 17.2 Å². The fourth-order valence-electron chi connectivity index (χ4n) is 2.09. The molecule has 0 bridgehead atoms. The zero-order valence-corrected chi connectivity index (χ0v) is 9.28. The summed E-state index contributed by atoms with van der Waals surface area (Å²) in [7, 11) is 0. The van der Waals surface area contributed by atoms with Crippen LogP contribution < -0.4 is 5.32 Å². The van der Waals surface area contributed by atoms with Crippen molar-refractivity contribution in [2.75, 3.05) is 6.54 Å². The minimum absolute atomic E-state index is 0.274. The van der Waals surface area contributed by atoms with Crippen LogP contribution in [0.2, 0.25) is 0 Å². The normalized spacial score (nSPS) is 18.5. The van der Waals surface area contributed by atoms with Gasteiger partial charge in [-0.05, 0) is 19.4 Å². The molecule has 0 radical (unpaired) electrons. The lowest BCUT2D eigenvalue weighted by molar-refractivity contribution is 0.505. The summed E-state index contributed by atoms with van der Waals surface area (Å²) >= 11 is 0. The van der Waals surface area contributed by atoms with Crippen LogP contribution in [0.3, 0.4) is 0 Å². The molecule has 3 heteroatoms. The number of fused-ring (bicyclic) bond motifs is 1. The Kier molecular flexibility index (Phi) is 2.35. The van der Waals surface area contributed by atoms with Crippen molar-refractivity contribution >= 4 is 0 Å². The lowest BCUT2D eigenvalue weighted by atomic mass is 9.91. The highest BCUT2D eigenvalue weighted by Gasteiger charge is 2.33. The average Bonchev–Trinajstić information content (AvgIpc) is 2.65. The van der Waals surface area contributed by atoms with Gasteiger partial charge in [-0.15, -0.1) is 0 Å². The van der Waals surface area contributed by atoms with Crippen molar-refractivity contribution in [2.24, 2.45) is 0 Å². The first-order valence-electron chi connectivity index (χ1n) is 5.42. The Morgan fingerprint density at radius 2 is 2.29 bits per heavy atom. The topological polar surface area (TPSA) is 40.7 Å². The van der Waals surface area contributed by atoms with Crippen molar-refractivity contribution in [1.82, 2.24) is 15.3 Å². The molecule has 1 aliphatic carbocycles. The van der Waals surface area contributed by atoms with Crippen molar-refractivity contribution in [3.63, 3.8) is 0 Å². The maximum absolute atomic E-state index is 4.66. The minimum atomic E-state index is 0.274. The number of rotatable bonds is 3. The van der Waals surface area contributed by atoms with Gasteiger partial charge in [-0.2, -0.15) is 0 Å². The highest BCUT2D eigenvalue weighted by Crippen LogP contribution is 2.36. The lowest BCUT2D eigenvalue weighted by Gasteiger charge is -2.15. The second kappa shape index (κ2) is 3.39. The van der Waals surface area contributed by atoms with Crippen LogP contribution in [0.4, 0.5) is 0 Å². The van der Waals surface area contributed by atoms with E-state index in [-0.39, 0.29) is 5.41 Å². The van der Waals surface area contributed by atoms with Crippen LogP contribution in [0.25, 0.3) is 0 Å². The van der Waals surface area contributed by atoms with E-state index in [1.54, 1.807) is 0 Å². The molecular formula is C11H19N3. The smallest absolute Gasteiger partial charge is 0.120 e. The van der Waals surface area contributed by atoms with Gasteiger partial charge >= 0.3 is 0 Å². The van der Waals surface area contributed by atoms with E-state index in [0.29, 0.717) is 0 Å². The average molecular weight is 193 g/mol. The first kappa shape index (κ1) is 9.71. The summed E-state index contributed by atoms with van der Waals surface area (Å²) < 4.78 is 0. The quantitative estimate of drug-likeness (QED) is 0.767. The summed E-state index contributed by atoms with van der Waals surface area (Å²) in [6.07, 6.45) is 2.38. The van der Waals surface area contributed by atoms with Gasteiger partial charge in [0, 0.05) is 11.1 Å². The molecule has 0 spiro atoms. The van der Waals surface area contributed by atoms with Gasteiger partial charge in [0.05, 0.1) is 12.2 Å². The van der Waals surface area contributed by atoms with E-state index in [1.807, 2.05) is 0 Å². The van der Waals surface area contributed by atoms with Gasteiger partial charge < -0.3 is 10.3 Å². The highest BCUT2D eigenvalue weighted by atomic mass is 15.0. The molecule has 2 N–H and O–H groups in total. The van der Waals surface area contributed by atoms with Gasteiger partial charge in [-0.25, -0.2) is 4.98 Å². The Balaban J connectivity index is 2.18. The monoisotopic (exact) mass is 193 g/mol. The summed E-state index contributed by atoms with van der Waals surface area (Å²) in [5.41, 5.74) is 2.91. The highest BCUT2D eigenvalue weighted by molar-refractivity contribution is 5.28. The maximum atomic E-state index is 4.66. The zero-order chi connectivity index (χ0) is 10.2. The van der Waals surface area contributed by atoms with E-state index in [9.17, 15) is 0 Å². The fourth-order valence-corrected chi connectivity index (χ4v) is 2.09. The minimum Gasteiger partial charge on any atom is -0.345 e. The van der Waals surface area contributed by atoms with Crippen molar-refractivity contribution in [3.8, 4) is 0 Å². The zero-order valence-electron chi connectivity index (χ0n) is 9.28. The SMILES string of the molecule is CCNCc1nc2c([nH]1)CCC2(C)C. The molecule has 0 unspecified atom stereocenters. The first-order chi connectivity index (χ1) is 6.63. The predicted octanol–water partition coefficient (Wildman–Crippen LogP) is 1.74. The van der Waals surface area contributed by atoms with E-state index >= 15 is 0 Å². The number of hydrogen-bond acceptors (Lipinski definition) is 2. The van der Waals surface area contributed by atoms with Crippen molar-refractivity contribution in [1.29, 1.82) is 0 Å². The van der Waals surface area contributed by atoms with Crippen LogP contribution in [-0.4, -0.2) is 16.5 Å². The van der Waals surface area contributed by atoms with Crippen molar-refractivity contribution in [2.45, 2.75) is 45.6 Å². The molecular weight excluding hydrogens is 174 g/mol. The van der Waals surface area contributed by atoms with Gasteiger partial charge in [0.25, 0.3) is 0 Å². The summed E-state index contributed by atoms with van der Waals surface area (Å²) in [5, 5.41) is 3.29. The third-order valence-corrected chi connectivity index (χ3v) is 3.01. The number of aryl methyl sites for hydroxylation is 1. The molecule has 0 aromatic carbocycles. The third kappa shape index (κ3) is 1.57. The molecule has 14 heavy (non-hydrogen) atoms. The molecule has 1 aromatic heterocycles. The summed E-state index contributed by atoms with van der Waals surface area (Å²) in [5.74, 6) is 1.09. The van der Waals surface area contributed by atoms with Gasteiger partial charge in [-0.1, -0.05) is 20.8 Å². The predicted molar refractivity (Wildman–Crippen MR) is 57.3 cm³/mol. The number of H-pyrrole nitrogens is 1. The Labute approximate surface area is 85.3 Å². The molecule has 0 amide bonds. The standard InChI is InChI=1S/C11H19N3/c1-4-12-7-9-13-8-5-6-11(2,3)10(8)14-9/h12H,4-7H2,1-3H3,(H,13,14). The van der Waals surface area contributed by atoms with Gasteiger partial charge in [0.2, 0.25) is 0 Å². The molecule has 2 rings (SSSR count). The van der Waals surface area contributed by atoms with Gasteiger partial charge in [-0.3, -0.25) is 0 Å². The third-order valence-electron chi connectivity index (χ3n) is 3.01. The molecule has 1 aromatic rings. The number of aromatic amines is 1. The van der Waals surface area contributed by atoms with E-state index in [2.05, 4.69) is 36.1 Å². The molecule has 0 saturated heterocycles. The van der Waals surface area contributed by atoms with Crippen LogP contribution in [0.1, 0.15) is 44.4 Å². The first-order valence-corrected chi connectivity index (χ1v) is 5.42. The largest absolute Gasteiger partial charge is 0.345 e. The van der Waals surface area contributed by atoms with Crippen LogP contribution in [0.15, 0.2) is 0 Å². The maximum Gasteiger partial charge on any atom is 0.120 e. The van der Waals surface area contributed by atoms with E-state index in [4.69, 9.17) is 0 Å². The van der Waals surface area contributed by atoms with Crippen LogP contribution in [-0.2, 0) is 18.4 Å². The second-order valence-electron chi connectivity index (χ2n) is 4.67. The summed E-state index contributed by atoms with van der Waals surface area (Å²) in [6, 6.07) is 0. The molecule has 0 fully saturated rings. The Hall–Kier alpha value is -0.830. The van der Waals surface area contributed by atoms with E-state index in [0.717, 1.165) is 25.3 Å². The van der Waals surface area contributed by atoms with Crippen LogP contribution in [0.5, 0.6) is 0 Å². The van der Waals surface area contributed by atoms with Crippen LogP contribution in [0, 0.1) is 0 Å². The molecule has 1 heterocycles. The molecule has 78 valence electrons. The number of hydrogen-bond donors (Lipinski definition) is 2. The van der Waals surface area contributed by atoms with Gasteiger partial charge in [0.15, 0.2) is 0 Å². The molecule has 3 nitrogen and oxygen atoms in total. The van der Waals surface area contributed by atoms with Crippen molar-refractivity contribution < 1.29 is 0 Å². The Bertz CT molecular complexity index is 325.